The molecule has 40 heavy (non-hydrogen) atoms. The van der Waals surface area contributed by atoms with Gasteiger partial charge in [0.05, 0.1) is 12.6 Å². The molecule has 0 bridgehead atoms. The molecule has 2 heterocycles. The van der Waals surface area contributed by atoms with Crippen LogP contribution in [0.4, 0.5) is 0 Å². The van der Waals surface area contributed by atoms with Gasteiger partial charge in [-0.15, -0.1) is 0 Å². The Morgan fingerprint density at radius 3 is 2.08 bits per heavy atom. The molecule has 202 valence electrons. The Balaban J connectivity index is 1.73. The van der Waals surface area contributed by atoms with E-state index >= 15 is 0 Å². The maximum atomic E-state index is 14.0. The summed E-state index contributed by atoms with van der Waals surface area (Å²) in [4.78, 5) is 32.7. The van der Waals surface area contributed by atoms with Gasteiger partial charge in [-0.05, 0) is 16.7 Å². The van der Waals surface area contributed by atoms with E-state index in [1.165, 1.54) is 6.07 Å². The van der Waals surface area contributed by atoms with Crippen LogP contribution in [0, 0.1) is 6.57 Å². The summed E-state index contributed by atoms with van der Waals surface area (Å²) in [6, 6.07) is 30.6. The fraction of sp³-hybridized carbons (Fsp3) is 0.219. The summed E-state index contributed by atoms with van der Waals surface area (Å²) in [6.07, 6.45) is 0. The van der Waals surface area contributed by atoms with Crippen molar-refractivity contribution in [1.29, 1.82) is 0 Å². The largest absolute Gasteiger partial charge is 0.482 e. The number of amides is 1. The molecular formula is C32H30N4O4. The van der Waals surface area contributed by atoms with E-state index in [-0.39, 0.29) is 43.2 Å². The standard InChI is InChI=1S/C32H30N4O4/c1-33-21-27-20-28(37)31(40-22-24-12-6-3-7-13-24)30-32(38)34(18-19-39-2)23-35(36(27)30)29(25-14-8-4-9-15-25)26-16-10-5-11-17-26/h3-17,20,29H,18-19,21-23H2,2H3. The van der Waals surface area contributed by atoms with Crippen molar-refractivity contribution in [1.82, 2.24) is 9.58 Å². The summed E-state index contributed by atoms with van der Waals surface area (Å²) in [6.45, 7) is 8.52. The molecular weight excluding hydrogens is 504 g/mol. The van der Waals surface area contributed by atoms with Crippen LogP contribution in [0.5, 0.6) is 5.75 Å². The Kier molecular flexibility index (Phi) is 8.24. The van der Waals surface area contributed by atoms with Gasteiger partial charge in [0.2, 0.25) is 5.43 Å². The van der Waals surface area contributed by atoms with Gasteiger partial charge in [0.25, 0.3) is 12.5 Å². The number of ether oxygens (including phenoxy) is 2. The van der Waals surface area contributed by atoms with Crippen molar-refractivity contribution in [2.24, 2.45) is 0 Å². The van der Waals surface area contributed by atoms with Crippen molar-refractivity contribution in [2.75, 3.05) is 31.9 Å². The molecule has 0 spiro atoms. The van der Waals surface area contributed by atoms with E-state index in [1.807, 2.05) is 96.0 Å². The molecule has 3 aromatic carbocycles. The lowest BCUT2D eigenvalue weighted by Crippen LogP contribution is -2.57. The van der Waals surface area contributed by atoms with Crippen molar-refractivity contribution in [3.8, 4) is 5.75 Å². The second-order valence-corrected chi connectivity index (χ2v) is 9.45. The SMILES string of the molecule is [C-]#[N+]Cc1cc(=O)c(OCc2ccccc2)c2n1N(C(c1ccccc1)c1ccccc1)CN(CCOC)C2=O. The van der Waals surface area contributed by atoms with Crippen molar-refractivity contribution in [2.45, 2.75) is 19.2 Å². The molecule has 8 heteroatoms. The molecule has 0 aliphatic carbocycles. The summed E-state index contributed by atoms with van der Waals surface area (Å²) in [5, 5.41) is 2.03. The molecule has 0 fully saturated rings. The second kappa shape index (κ2) is 12.3. The average molecular weight is 535 g/mol. The number of hydrogen-bond acceptors (Lipinski definition) is 5. The van der Waals surface area contributed by atoms with Gasteiger partial charge in [-0.3, -0.25) is 14.6 Å². The van der Waals surface area contributed by atoms with Gasteiger partial charge in [-0.2, -0.15) is 0 Å². The topological polar surface area (TPSA) is 68.4 Å². The van der Waals surface area contributed by atoms with Crippen LogP contribution < -0.4 is 15.2 Å². The maximum Gasteiger partial charge on any atom is 0.278 e. The molecule has 1 aliphatic heterocycles. The number of carbonyl (C=O) groups is 1. The van der Waals surface area contributed by atoms with E-state index in [0.717, 1.165) is 16.7 Å². The number of fused-ring (bicyclic) bond motifs is 1. The second-order valence-electron chi connectivity index (χ2n) is 9.45. The summed E-state index contributed by atoms with van der Waals surface area (Å²) >= 11 is 0. The molecule has 0 N–H and O–H groups in total. The number of rotatable bonds is 10. The highest BCUT2D eigenvalue weighted by molar-refractivity contribution is 5.96. The predicted octanol–water partition coefficient (Wildman–Crippen LogP) is 4.63. The first-order valence-electron chi connectivity index (χ1n) is 13.1. The quantitative estimate of drug-likeness (QED) is 0.278. The van der Waals surface area contributed by atoms with Gasteiger partial charge in [-0.1, -0.05) is 91.0 Å². The fourth-order valence-corrected chi connectivity index (χ4v) is 5.01. The first kappa shape index (κ1) is 26.7. The van der Waals surface area contributed by atoms with E-state index in [1.54, 1.807) is 16.7 Å². The van der Waals surface area contributed by atoms with Crippen LogP contribution in [0.3, 0.4) is 0 Å². The molecule has 8 nitrogen and oxygen atoms in total. The minimum Gasteiger partial charge on any atom is -0.482 e. The van der Waals surface area contributed by atoms with Crippen molar-refractivity contribution >= 4 is 5.91 Å². The zero-order valence-corrected chi connectivity index (χ0v) is 22.3. The van der Waals surface area contributed by atoms with Crippen LogP contribution in [0.25, 0.3) is 4.85 Å². The third kappa shape index (κ3) is 5.46. The lowest BCUT2D eigenvalue weighted by atomic mass is 9.98. The van der Waals surface area contributed by atoms with Gasteiger partial charge in [0.15, 0.2) is 11.4 Å². The summed E-state index contributed by atoms with van der Waals surface area (Å²) in [5.41, 5.74) is 2.98. The third-order valence-corrected chi connectivity index (χ3v) is 6.84. The third-order valence-electron chi connectivity index (χ3n) is 6.84. The Hall–Kier alpha value is -4.87. The zero-order chi connectivity index (χ0) is 27.9. The van der Waals surface area contributed by atoms with E-state index in [0.29, 0.717) is 18.8 Å². The van der Waals surface area contributed by atoms with Crippen LogP contribution in [0.1, 0.15) is 38.9 Å². The van der Waals surface area contributed by atoms with E-state index < -0.39 is 5.43 Å². The fourth-order valence-electron chi connectivity index (χ4n) is 5.01. The van der Waals surface area contributed by atoms with Gasteiger partial charge in [0, 0.05) is 19.7 Å². The van der Waals surface area contributed by atoms with E-state index in [4.69, 9.17) is 16.0 Å². The number of hydrogen-bond donors (Lipinski definition) is 0. The molecule has 1 aromatic heterocycles. The predicted molar refractivity (Wildman–Crippen MR) is 153 cm³/mol. The number of aromatic nitrogens is 1. The molecule has 5 rings (SSSR count). The van der Waals surface area contributed by atoms with Crippen LogP contribution in [0.2, 0.25) is 0 Å². The first-order valence-corrected chi connectivity index (χ1v) is 13.1. The molecule has 0 radical (unpaired) electrons. The Morgan fingerprint density at radius 1 is 0.900 bits per heavy atom. The Morgan fingerprint density at radius 2 is 1.50 bits per heavy atom. The number of pyridine rings is 1. The number of methoxy groups -OCH3 is 1. The highest BCUT2D eigenvalue weighted by atomic mass is 16.5. The maximum absolute atomic E-state index is 14.0. The lowest BCUT2D eigenvalue weighted by molar-refractivity contribution is 0.0609. The van der Waals surface area contributed by atoms with Gasteiger partial charge < -0.3 is 19.2 Å². The lowest BCUT2D eigenvalue weighted by Gasteiger charge is -2.44. The van der Waals surface area contributed by atoms with E-state index in [2.05, 4.69) is 4.85 Å². The molecule has 4 aromatic rings. The highest BCUT2D eigenvalue weighted by Gasteiger charge is 2.39. The summed E-state index contributed by atoms with van der Waals surface area (Å²) in [7, 11) is 1.59. The minimum absolute atomic E-state index is 0.0328. The van der Waals surface area contributed by atoms with Gasteiger partial charge in [0.1, 0.15) is 19.0 Å². The normalized spacial score (nSPS) is 12.8. The van der Waals surface area contributed by atoms with Crippen LogP contribution in [0.15, 0.2) is 102 Å². The van der Waals surface area contributed by atoms with Crippen molar-refractivity contribution in [3.05, 3.63) is 147 Å². The Labute approximate surface area is 233 Å². The van der Waals surface area contributed by atoms with Crippen LogP contribution >= 0.6 is 0 Å². The Bertz CT molecular complexity index is 1510. The molecule has 0 atom stereocenters. The number of carbonyl (C=O) groups excluding carboxylic acids is 1. The minimum atomic E-state index is -0.432. The monoisotopic (exact) mass is 534 g/mol. The highest BCUT2D eigenvalue weighted by Crippen LogP contribution is 2.33. The van der Waals surface area contributed by atoms with Crippen molar-refractivity contribution in [3.63, 3.8) is 0 Å². The van der Waals surface area contributed by atoms with E-state index in [9.17, 15) is 9.59 Å². The molecule has 0 saturated carbocycles. The first-order chi connectivity index (χ1) is 19.6. The summed E-state index contributed by atoms with van der Waals surface area (Å²) in [5.74, 6) is -0.380. The van der Waals surface area contributed by atoms with Crippen LogP contribution in [-0.4, -0.2) is 42.4 Å². The zero-order valence-electron chi connectivity index (χ0n) is 22.3. The summed E-state index contributed by atoms with van der Waals surface area (Å²) < 4.78 is 13.1. The molecule has 1 aliphatic rings. The van der Waals surface area contributed by atoms with Crippen LogP contribution in [-0.2, 0) is 17.9 Å². The molecule has 0 saturated heterocycles. The van der Waals surface area contributed by atoms with Gasteiger partial charge in [-0.25, -0.2) is 11.2 Å². The van der Waals surface area contributed by atoms with Gasteiger partial charge >= 0.3 is 0 Å². The number of benzene rings is 3. The number of nitrogens with zero attached hydrogens (tertiary/aromatic N) is 4. The molecule has 0 unspecified atom stereocenters. The smallest absolute Gasteiger partial charge is 0.278 e. The average Bonchev–Trinajstić information content (AvgIpc) is 2.99. The molecule has 1 amide bonds. The van der Waals surface area contributed by atoms with Crippen molar-refractivity contribution < 1.29 is 14.3 Å².